The van der Waals surface area contributed by atoms with E-state index in [0.717, 1.165) is 11.3 Å². The van der Waals surface area contributed by atoms with Crippen LogP contribution in [0.15, 0.2) is 60.9 Å². The van der Waals surface area contributed by atoms with Crippen LogP contribution in [0, 0.1) is 5.82 Å². The maximum atomic E-state index is 13.3. The van der Waals surface area contributed by atoms with Gasteiger partial charge in [0, 0.05) is 17.6 Å². The van der Waals surface area contributed by atoms with E-state index in [4.69, 9.17) is 11.6 Å². The van der Waals surface area contributed by atoms with E-state index in [-0.39, 0.29) is 5.91 Å². The van der Waals surface area contributed by atoms with E-state index in [1.807, 2.05) is 50.4 Å². The van der Waals surface area contributed by atoms with Crippen LogP contribution >= 0.6 is 11.6 Å². The predicted molar refractivity (Wildman–Crippen MR) is 104 cm³/mol. The molecule has 0 unspecified atom stereocenters. The second kappa shape index (κ2) is 7.92. The molecule has 4 nitrogen and oxygen atoms in total. The van der Waals surface area contributed by atoms with E-state index in [2.05, 4.69) is 10.4 Å². The maximum absolute atomic E-state index is 13.3. The summed E-state index contributed by atoms with van der Waals surface area (Å²) in [6.07, 6.45) is 4.58. The minimum Gasteiger partial charge on any atom is -0.347 e. The Balaban J connectivity index is 1.60. The van der Waals surface area contributed by atoms with Crippen molar-refractivity contribution in [3.8, 4) is 5.69 Å². The number of para-hydroxylation sites is 1. The van der Waals surface area contributed by atoms with Crippen LogP contribution in [0.5, 0.6) is 0 Å². The Hall–Kier alpha value is -2.66. The van der Waals surface area contributed by atoms with Crippen molar-refractivity contribution in [2.75, 3.05) is 0 Å². The molecule has 140 valence electrons. The van der Waals surface area contributed by atoms with Crippen molar-refractivity contribution < 1.29 is 9.18 Å². The van der Waals surface area contributed by atoms with Crippen molar-refractivity contribution >= 4 is 17.5 Å². The largest absolute Gasteiger partial charge is 0.347 e. The predicted octanol–water partition coefficient (Wildman–Crippen LogP) is 4.65. The molecule has 27 heavy (non-hydrogen) atoms. The van der Waals surface area contributed by atoms with Gasteiger partial charge in [0.05, 0.1) is 17.4 Å². The zero-order valence-corrected chi connectivity index (χ0v) is 16.0. The van der Waals surface area contributed by atoms with Crippen LogP contribution in [0.25, 0.3) is 5.69 Å². The smallest absolute Gasteiger partial charge is 0.221 e. The molecule has 3 aromatic rings. The second-order valence-electron chi connectivity index (χ2n) is 6.93. The summed E-state index contributed by atoms with van der Waals surface area (Å²) in [6, 6.07) is 14.0. The van der Waals surface area contributed by atoms with E-state index in [9.17, 15) is 9.18 Å². The maximum Gasteiger partial charge on any atom is 0.221 e. The Morgan fingerprint density at radius 2 is 1.96 bits per heavy atom. The molecule has 3 rings (SSSR count). The molecule has 1 heterocycles. The van der Waals surface area contributed by atoms with Crippen molar-refractivity contribution in [1.82, 2.24) is 15.1 Å². The van der Waals surface area contributed by atoms with Crippen LogP contribution in [-0.2, 0) is 16.8 Å². The van der Waals surface area contributed by atoms with Gasteiger partial charge in [0.15, 0.2) is 0 Å². The number of amides is 1. The number of nitrogens with one attached hydrogen (secondary N) is 1. The van der Waals surface area contributed by atoms with Gasteiger partial charge in [-0.05, 0) is 55.7 Å². The third kappa shape index (κ3) is 4.74. The molecular formula is C21H21ClFN3O. The summed E-state index contributed by atoms with van der Waals surface area (Å²) in [5.41, 5.74) is 1.93. The molecule has 0 saturated heterocycles. The molecule has 0 aliphatic heterocycles. The summed E-state index contributed by atoms with van der Waals surface area (Å²) in [7, 11) is 0. The molecule has 1 N–H and O–H groups in total. The standard InChI is InChI=1S/C21H21ClFN3O/c1-21(2,18-10-9-16(23)12-19(18)22)25-20(27)11-8-15-13-24-26(14-15)17-6-4-3-5-7-17/h3-7,9-10,12-14H,8,11H2,1-2H3,(H,25,27). The molecule has 1 amide bonds. The summed E-state index contributed by atoms with van der Waals surface area (Å²) in [5, 5.41) is 7.60. The molecular weight excluding hydrogens is 365 g/mol. The zero-order chi connectivity index (χ0) is 19.4. The average Bonchev–Trinajstić information content (AvgIpc) is 3.09. The van der Waals surface area contributed by atoms with Gasteiger partial charge < -0.3 is 5.32 Å². The fourth-order valence-corrected chi connectivity index (χ4v) is 3.35. The first-order valence-electron chi connectivity index (χ1n) is 8.71. The van der Waals surface area contributed by atoms with Crippen LogP contribution in [0.1, 0.15) is 31.4 Å². The average molecular weight is 386 g/mol. The topological polar surface area (TPSA) is 46.9 Å². The van der Waals surface area contributed by atoms with E-state index >= 15 is 0 Å². The number of rotatable bonds is 6. The van der Waals surface area contributed by atoms with Crippen LogP contribution in [-0.4, -0.2) is 15.7 Å². The normalized spacial score (nSPS) is 11.4. The van der Waals surface area contributed by atoms with Gasteiger partial charge in [-0.1, -0.05) is 35.9 Å². The summed E-state index contributed by atoms with van der Waals surface area (Å²) >= 11 is 6.13. The lowest BCUT2D eigenvalue weighted by Crippen LogP contribution is -2.41. The quantitative estimate of drug-likeness (QED) is 0.671. The van der Waals surface area contributed by atoms with E-state index < -0.39 is 11.4 Å². The summed E-state index contributed by atoms with van der Waals surface area (Å²) in [5.74, 6) is -0.505. The highest BCUT2D eigenvalue weighted by Crippen LogP contribution is 2.28. The molecule has 6 heteroatoms. The van der Waals surface area contributed by atoms with E-state index in [1.165, 1.54) is 12.1 Å². The Morgan fingerprint density at radius 3 is 2.67 bits per heavy atom. The van der Waals surface area contributed by atoms with Gasteiger partial charge in [-0.25, -0.2) is 9.07 Å². The lowest BCUT2D eigenvalue weighted by molar-refractivity contribution is -0.122. The second-order valence-corrected chi connectivity index (χ2v) is 7.33. The van der Waals surface area contributed by atoms with Gasteiger partial charge in [-0.3, -0.25) is 4.79 Å². The van der Waals surface area contributed by atoms with Crippen molar-refractivity contribution in [3.63, 3.8) is 0 Å². The van der Waals surface area contributed by atoms with E-state index in [0.29, 0.717) is 23.4 Å². The van der Waals surface area contributed by atoms with Gasteiger partial charge in [-0.2, -0.15) is 5.10 Å². The Morgan fingerprint density at radius 1 is 1.22 bits per heavy atom. The first kappa shape index (κ1) is 19.1. The zero-order valence-electron chi connectivity index (χ0n) is 15.2. The highest BCUT2D eigenvalue weighted by atomic mass is 35.5. The monoisotopic (exact) mass is 385 g/mol. The number of benzene rings is 2. The Kier molecular flexibility index (Phi) is 5.61. The van der Waals surface area contributed by atoms with Crippen molar-refractivity contribution in [2.45, 2.75) is 32.2 Å². The molecule has 0 radical (unpaired) electrons. The molecule has 0 spiro atoms. The van der Waals surface area contributed by atoms with Gasteiger partial charge in [-0.15, -0.1) is 0 Å². The van der Waals surface area contributed by atoms with Crippen LogP contribution in [0.3, 0.4) is 0 Å². The third-order valence-electron chi connectivity index (χ3n) is 4.35. The van der Waals surface area contributed by atoms with Gasteiger partial charge in [0.1, 0.15) is 5.82 Å². The first-order valence-corrected chi connectivity index (χ1v) is 9.08. The number of aromatic nitrogens is 2. The lowest BCUT2D eigenvalue weighted by atomic mass is 9.93. The van der Waals surface area contributed by atoms with Gasteiger partial charge >= 0.3 is 0 Å². The minimum absolute atomic E-state index is 0.104. The fraction of sp³-hybridized carbons (Fsp3) is 0.238. The van der Waals surface area contributed by atoms with E-state index in [1.54, 1.807) is 16.9 Å². The van der Waals surface area contributed by atoms with Gasteiger partial charge in [0.2, 0.25) is 5.91 Å². The van der Waals surface area contributed by atoms with Crippen LogP contribution in [0.4, 0.5) is 4.39 Å². The summed E-state index contributed by atoms with van der Waals surface area (Å²) < 4.78 is 15.0. The minimum atomic E-state index is -0.698. The van der Waals surface area contributed by atoms with Crippen molar-refractivity contribution in [3.05, 3.63) is 82.9 Å². The molecule has 0 fully saturated rings. The highest BCUT2D eigenvalue weighted by Gasteiger charge is 2.25. The summed E-state index contributed by atoms with van der Waals surface area (Å²) in [6.45, 7) is 3.69. The SMILES string of the molecule is CC(C)(NC(=O)CCc1cnn(-c2ccccc2)c1)c1ccc(F)cc1Cl. The number of aryl methyl sites for hydroxylation is 1. The Labute approximate surface area is 163 Å². The third-order valence-corrected chi connectivity index (χ3v) is 4.67. The van der Waals surface area contributed by atoms with Crippen molar-refractivity contribution in [1.29, 1.82) is 0 Å². The molecule has 1 aromatic heterocycles. The number of nitrogens with zero attached hydrogens (tertiary/aromatic N) is 2. The number of carbonyl (C=O) groups excluding carboxylic acids is 1. The number of carbonyl (C=O) groups is 1. The summed E-state index contributed by atoms with van der Waals surface area (Å²) in [4.78, 5) is 12.4. The first-order chi connectivity index (χ1) is 12.8. The molecule has 0 aliphatic rings. The fourth-order valence-electron chi connectivity index (χ4n) is 2.94. The van der Waals surface area contributed by atoms with Crippen LogP contribution < -0.4 is 5.32 Å². The molecule has 2 aromatic carbocycles. The lowest BCUT2D eigenvalue weighted by Gasteiger charge is -2.28. The molecule has 0 bridgehead atoms. The molecule has 0 atom stereocenters. The molecule has 0 saturated carbocycles. The number of hydrogen-bond acceptors (Lipinski definition) is 2. The Bertz CT molecular complexity index is 938. The number of halogens is 2. The van der Waals surface area contributed by atoms with Gasteiger partial charge in [0.25, 0.3) is 0 Å². The highest BCUT2D eigenvalue weighted by molar-refractivity contribution is 6.31. The number of hydrogen-bond donors (Lipinski definition) is 1. The van der Waals surface area contributed by atoms with Crippen molar-refractivity contribution in [2.24, 2.45) is 0 Å². The van der Waals surface area contributed by atoms with Crippen LogP contribution in [0.2, 0.25) is 5.02 Å². The molecule has 0 aliphatic carbocycles.